The molecule has 4 heteroatoms. The molecule has 0 atom stereocenters. The fourth-order valence-electron chi connectivity index (χ4n) is 0.655. The van der Waals surface area contributed by atoms with Crippen molar-refractivity contribution in [2.45, 2.75) is 13.8 Å². The maximum atomic E-state index is 9.31. The molecule has 0 bridgehead atoms. The van der Waals surface area contributed by atoms with Crippen LogP contribution in [0.3, 0.4) is 0 Å². The topological polar surface area (TPSA) is 26.3 Å². The van der Waals surface area contributed by atoms with E-state index >= 15 is 0 Å². The number of carbonyl (C=O) groups is 1. The van der Waals surface area contributed by atoms with E-state index < -0.39 is 0 Å². The van der Waals surface area contributed by atoms with E-state index in [2.05, 4.69) is 12.6 Å². The van der Waals surface area contributed by atoms with E-state index in [-0.39, 0.29) is 5.12 Å². The summed E-state index contributed by atoms with van der Waals surface area (Å²) in [5.74, 6) is 0.801. The minimum Gasteiger partial charge on any atom is -0.451 e. The van der Waals surface area contributed by atoms with Gasteiger partial charge in [0.1, 0.15) is 5.75 Å². The number of para-hydroxylation sites is 1. The molecule has 0 heterocycles. The molecule has 0 radical (unpaired) electrons. The standard InChI is InChI=1S/C8H8OS.C2H4OS/c1-7(10)9-8-5-3-2-4-6-8;1-2(3)4/h2-6H,1H3;1H3,(H,3,4). The van der Waals surface area contributed by atoms with Crippen LogP contribution in [0.25, 0.3) is 0 Å². The van der Waals surface area contributed by atoms with Crippen LogP contribution in [0.4, 0.5) is 0 Å². The third-order valence-electron chi connectivity index (χ3n) is 1.00. The second kappa shape index (κ2) is 7.53. The first-order valence-corrected chi connectivity index (χ1v) is 4.81. The van der Waals surface area contributed by atoms with E-state index in [4.69, 9.17) is 17.0 Å². The van der Waals surface area contributed by atoms with Gasteiger partial charge in [-0.05, 0) is 24.4 Å². The van der Waals surface area contributed by atoms with E-state index in [9.17, 15) is 4.79 Å². The Labute approximate surface area is 94.7 Å². The third kappa shape index (κ3) is 9.22. The Morgan fingerprint density at radius 1 is 1.29 bits per heavy atom. The largest absolute Gasteiger partial charge is 0.451 e. The maximum Gasteiger partial charge on any atom is 0.182 e. The quantitative estimate of drug-likeness (QED) is 0.591. The molecule has 0 fully saturated rings. The fourth-order valence-corrected chi connectivity index (χ4v) is 0.751. The van der Waals surface area contributed by atoms with Crippen LogP contribution in [0.15, 0.2) is 30.3 Å². The molecule has 0 N–H and O–H groups in total. The zero-order chi connectivity index (χ0) is 11.0. The molecule has 1 rings (SSSR count). The first-order valence-electron chi connectivity index (χ1n) is 3.95. The number of thiocarbonyl (C=S) groups is 1. The predicted molar refractivity (Wildman–Crippen MR) is 65.0 cm³/mol. The molecule has 0 aliphatic heterocycles. The summed E-state index contributed by atoms with van der Waals surface area (Å²) < 4.78 is 5.15. The summed E-state index contributed by atoms with van der Waals surface area (Å²) in [5, 5.41) is 0.409. The molecule has 0 saturated carbocycles. The van der Waals surface area contributed by atoms with E-state index in [1.54, 1.807) is 6.92 Å². The molecule has 1 aromatic carbocycles. The van der Waals surface area contributed by atoms with Gasteiger partial charge in [-0.1, -0.05) is 18.2 Å². The van der Waals surface area contributed by atoms with Gasteiger partial charge in [0.05, 0.1) is 0 Å². The van der Waals surface area contributed by atoms with Gasteiger partial charge >= 0.3 is 0 Å². The van der Waals surface area contributed by atoms with Gasteiger partial charge in [-0.3, -0.25) is 4.79 Å². The van der Waals surface area contributed by atoms with Crippen LogP contribution in [-0.4, -0.2) is 10.2 Å². The number of benzene rings is 1. The number of thiol groups is 1. The molecule has 2 nitrogen and oxygen atoms in total. The Kier molecular flexibility index (Phi) is 7.06. The van der Waals surface area contributed by atoms with Crippen LogP contribution < -0.4 is 4.74 Å². The highest BCUT2D eigenvalue weighted by atomic mass is 32.1. The second-order valence-corrected chi connectivity index (χ2v) is 3.63. The van der Waals surface area contributed by atoms with Gasteiger partial charge in [-0.25, -0.2) is 0 Å². The van der Waals surface area contributed by atoms with Gasteiger partial charge in [-0.15, -0.1) is 12.6 Å². The van der Waals surface area contributed by atoms with Gasteiger partial charge in [0.2, 0.25) is 0 Å². The highest BCUT2D eigenvalue weighted by Crippen LogP contribution is 2.08. The number of hydrogen-bond donors (Lipinski definition) is 1. The van der Waals surface area contributed by atoms with Crippen LogP contribution >= 0.6 is 24.8 Å². The molecule has 0 aliphatic carbocycles. The molecule has 1 aromatic rings. The monoisotopic (exact) mass is 228 g/mol. The van der Waals surface area contributed by atoms with Crippen molar-refractivity contribution in [2.75, 3.05) is 0 Å². The Balaban J connectivity index is 0.000000364. The molecule has 0 unspecified atom stereocenters. The molecule has 14 heavy (non-hydrogen) atoms. The first-order chi connectivity index (χ1) is 6.52. The Morgan fingerprint density at radius 3 is 2.07 bits per heavy atom. The van der Waals surface area contributed by atoms with E-state index in [1.807, 2.05) is 30.3 Å². The number of carbonyl (C=O) groups excluding carboxylic acids is 1. The SMILES string of the molecule is CC(=O)S.CC(=S)Oc1ccccc1. The van der Waals surface area contributed by atoms with Crippen LogP contribution in [0.1, 0.15) is 13.8 Å². The van der Waals surface area contributed by atoms with Crippen molar-refractivity contribution in [1.29, 1.82) is 0 Å². The highest BCUT2D eigenvalue weighted by Gasteiger charge is 1.89. The summed E-state index contributed by atoms with van der Waals surface area (Å²) in [6, 6.07) is 9.50. The highest BCUT2D eigenvalue weighted by molar-refractivity contribution is 7.96. The molecule has 0 amide bonds. The molecule has 76 valence electrons. The van der Waals surface area contributed by atoms with E-state index in [0.717, 1.165) is 5.75 Å². The first kappa shape index (κ1) is 13.1. The minimum absolute atomic E-state index is 0.139. The van der Waals surface area contributed by atoms with Crippen molar-refractivity contribution in [3.05, 3.63) is 30.3 Å². The molecular weight excluding hydrogens is 216 g/mol. The second-order valence-electron chi connectivity index (χ2n) is 2.43. The third-order valence-corrected chi connectivity index (χ3v) is 1.09. The lowest BCUT2D eigenvalue weighted by atomic mass is 10.3. The van der Waals surface area contributed by atoms with Gasteiger partial charge in [-0.2, -0.15) is 0 Å². The van der Waals surface area contributed by atoms with Gasteiger partial charge in [0.25, 0.3) is 0 Å². The van der Waals surface area contributed by atoms with Crippen molar-refractivity contribution in [2.24, 2.45) is 0 Å². The van der Waals surface area contributed by atoms with Crippen molar-refractivity contribution >= 4 is 35.0 Å². The average molecular weight is 228 g/mol. The zero-order valence-corrected chi connectivity index (χ0v) is 9.77. The minimum atomic E-state index is -0.139. The maximum absolute atomic E-state index is 9.31. The normalized spacial score (nSPS) is 8.21. The fraction of sp³-hybridized carbons (Fsp3) is 0.200. The number of hydrogen-bond acceptors (Lipinski definition) is 3. The van der Waals surface area contributed by atoms with Crippen molar-refractivity contribution in [3.8, 4) is 5.75 Å². The van der Waals surface area contributed by atoms with Crippen LogP contribution in [0.2, 0.25) is 0 Å². The summed E-state index contributed by atoms with van der Waals surface area (Å²) in [7, 11) is 0. The Bertz CT molecular complexity index is 292. The summed E-state index contributed by atoms with van der Waals surface area (Å²) >= 11 is 8.08. The van der Waals surface area contributed by atoms with Crippen LogP contribution in [0.5, 0.6) is 5.75 Å². The smallest absolute Gasteiger partial charge is 0.182 e. The molecule has 0 spiro atoms. The summed E-state index contributed by atoms with van der Waals surface area (Å²) in [4.78, 5) is 9.31. The van der Waals surface area contributed by atoms with Crippen LogP contribution in [0, 0.1) is 0 Å². The lowest BCUT2D eigenvalue weighted by molar-refractivity contribution is -0.108. The molecule has 0 aliphatic rings. The van der Waals surface area contributed by atoms with Crippen molar-refractivity contribution in [1.82, 2.24) is 0 Å². The van der Waals surface area contributed by atoms with Crippen molar-refractivity contribution in [3.63, 3.8) is 0 Å². The number of ether oxygens (including phenoxy) is 1. The predicted octanol–water partition coefficient (Wildman–Crippen LogP) is 2.88. The average Bonchev–Trinajstić information content (AvgIpc) is 2.03. The summed E-state index contributed by atoms with van der Waals surface area (Å²) in [6.07, 6.45) is 0. The van der Waals surface area contributed by atoms with Gasteiger partial charge in [0, 0.05) is 13.8 Å². The van der Waals surface area contributed by atoms with Gasteiger partial charge in [0.15, 0.2) is 10.2 Å². The van der Waals surface area contributed by atoms with Gasteiger partial charge < -0.3 is 4.74 Å². The van der Waals surface area contributed by atoms with Crippen molar-refractivity contribution < 1.29 is 9.53 Å². The molecular formula is C10H12O2S2. The Hall–Kier alpha value is -0.870. The van der Waals surface area contributed by atoms with E-state index in [0.29, 0.717) is 5.05 Å². The molecule has 0 aromatic heterocycles. The molecule has 0 saturated heterocycles. The summed E-state index contributed by atoms with van der Waals surface area (Å²) in [6.45, 7) is 3.14. The Morgan fingerprint density at radius 2 is 1.71 bits per heavy atom. The lowest BCUT2D eigenvalue weighted by Crippen LogP contribution is -1.97. The summed E-state index contributed by atoms with van der Waals surface area (Å²) in [5.41, 5.74) is 0. The van der Waals surface area contributed by atoms with E-state index in [1.165, 1.54) is 6.92 Å². The number of rotatable bonds is 1. The lowest BCUT2D eigenvalue weighted by Gasteiger charge is -2.00. The van der Waals surface area contributed by atoms with Crippen LogP contribution in [-0.2, 0) is 4.79 Å². The zero-order valence-electron chi connectivity index (χ0n) is 8.06.